The molecule has 8 heteroatoms. The number of nitrogens with one attached hydrogen (secondary N) is 2. The molecule has 0 bridgehead atoms. The monoisotopic (exact) mass is 256 g/mol. The minimum Gasteiger partial charge on any atom is -0.452 e. The summed E-state index contributed by atoms with van der Waals surface area (Å²) in [7, 11) is -2.79. The van der Waals surface area contributed by atoms with Crippen LogP contribution in [0.25, 0.3) is 0 Å². The molecule has 0 spiro atoms. The first kappa shape index (κ1) is 12.5. The van der Waals surface area contributed by atoms with Crippen LogP contribution in [0.1, 0.15) is 19.3 Å². The second-order valence-electron chi connectivity index (χ2n) is 3.47. The zero-order valence-electron chi connectivity index (χ0n) is 8.25. The number of halogens is 1. The van der Waals surface area contributed by atoms with Crippen LogP contribution in [0.2, 0.25) is 0 Å². The third-order valence-corrected chi connectivity index (χ3v) is 3.97. The highest BCUT2D eigenvalue weighted by molar-refractivity contribution is 7.88. The molecule has 1 fully saturated rings. The second-order valence-corrected chi connectivity index (χ2v) is 5.15. The smallest absolute Gasteiger partial charge is 0.421 e. The van der Waals surface area contributed by atoms with Gasteiger partial charge in [-0.1, -0.05) is 0 Å². The molecule has 1 rings (SSSR count). The number of hydrogen-bond acceptors (Lipinski definition) is 4. The topological polar surface area (TPSA) is 84.5 Å². The first-order valence-electron chi connectivity index (χ1n) is 4.39. The predicted octanol–water partition coefficient (Wildman–Crippen LogP) is 0.338. The molecule has 0 aromatic heterocycles. The van der Waals surface area contributed by atoms with Crippen LogP contribution < -0.4 is 9.44 Å². The van der Waals surface area contributed by atoms with Crippen molar-refractivity contribution in [2.45, 2.75) is 24.8 Å². The van der Waals surface area contributed by atoms with Gasteiger partial charge in [-0.25, -0.2) is 9.52 Å². The van der Waals surface area contributed by atoms with Gasteiger partial charge in [0.15, 0.2) is 0 Å². The number of hydrogen-bond donors (Lipinski definition) is 2. The Morgan fingerprint density at radius 3 is 2.47 bits per heavy atom. The summed E-state index contributed by atoms with van der Waals surface area (Å²) in [5.74, 6) is 0.190. The van der Waals surface area contributed by atoms with Crippen molar-refractivity contribution in [3.8, 4) is 0 Å². The molecule has 0 saturated heterocycles. The maximum Gasteiger partial charge on any atom is 0.421 e. The van der Waals surface area contributed by atoms with Crippen molar-refractivity contribution in [1.82, 2.24) is 9.44 Å². The fourth-order valence-electron chi connectivity index (χ4n) is 1.33. The van der Waals surface area contributed by atoms with Gasteiger partial charge < -0.3 is 4.74 Å². The number of rotatable bonds is 4. The molecule has 0 atom stereocenters. The number of methoxy groups -OCH3 is 1. The van der Waals surface area contributed by atoms with Gasteiger partial charge in [0, 0.05) is 11.4 Å². The average molecular weight is 257 g/mol. The molecule has 1 aliphatic carbocycles. The molecule has 2 N–H and O–H groups in total. The lowest BCUT2D eigenvalue weighted by molar-refractivity contribution is 0.177. The van der Waals surface area contributed by atoms with E-state index in [1.165, 1.54) is 0 Å². The fourth-order valence-corrected chi connectivity index (χ4v) is 2.94. The Morgan fingerprint density at radius 1 is 1.53 bits per heavy atom. The molecule has 1 saturated carbocycles. The van der Waals surface area contributed by atoms with Gasteiger partial charge >= 0.3 is 16.3 Å². The lowest BCUT2D eigenvalue weighted by atomic mass is 9.79. The van der Waals surface area contributed by atoms with Crippen molar-refractivity contribution >= 4 is 27.9 Å². The van der Waals surface area contributed by atoms with E-state index in [-0.39, 0.29) is 5.88 Å². The zero-order chi connectivity index (χ0) is 11.5. The lowest BCUT2D eigenvalue weighted by Crippen LogP contribution is -2.58. The number of ether oxygens (including phenoxy) is 1. The van der Waals surface area contributed by atoms with E-state index in [2.05, 4.69) is 9.46 Å². The molecule has 0 heterocycles. The molecule has 88 valence electrons. The van der Waals surface area contributed by atoms with Crippen LogP contribution in [0.4, 0.5) is 4.79 Å². The van der Waals surface area contributed by atoms with Gasteiger partial charge in [0.2, 0.25) is 0 Å². The number of alkyl halides is 1. The minimum atomic E-state index is -3.88. The van der Waals surface area contributed by atoms with Gasteiger partial charge in [0.1, 0.15) is 0 Å². The maximum atomic E-state index is 11.4. The van der Waals surface area contributed by atoms with Crippen molar-refractivity contribution in [2.75, 3.05) is 13.0 Å². The number of carbonyl (C=O) groups excluding carboxylic acids is 1. The van der Waals surface area contributed by atoms with Crippen molar-refractivity contribution in [1.29, 1.82) is 0 Å². The highest BCUT2D eigenvalue weighted by Gasteiger charge is 2.40. The summed E-state index contributed by atoms with van der Waals surface area (Å²) < 4.78 is 31.0. The number of amides is 1. The molecule has 0 aromatic rings. The maximum absolute atomic E-state index is 11.4. The van der Waals surface area contributed by atoms with Gasteiger partial charge in [-0.05, 0) is 19.3 Å². The summed E-state index contributed by atoms with van der Waals surface area (Å²) in [6.45, 7) is 0. The largest absolute Gasteiger partial charge is 0.452 e. The fraction of sp³-hybridized carbons (Fsp3) is 0.857. The molecule has 0 aliphatic heterocycles. The van der Waals surface area contributed by atoms with E-state index in [1.54, 1.807) is 4.72 Å². The summed E-state index contributed by atoms with van der Waals surface area (Å²) in [5.41, 5.74) is -0.610. The second kappa shape index (κ2) is 4.54. The molecule has 6 nitrogen and oxygen atoms in total. The van der Waals surface area contributed by atoms with E-state index >= 15 is 0 Å². The Hall–Kier alpha value is -0.530. The van der Waals surface area contributed by atoms with Crippen LogP contribution in [0.5, 0.6) is 0 Å². The van der Waals surface area contributed by atoms with Crippen molar-refractivity contribution in [3.05, 3.63) is 0 Å². The summed E-state index contributed by atoms with van der Waals surface area (Å²) in [4.78, 5) is 10.7. The molecule has 1 aliphatic rings. The molecule has 1 amide bonds. The summed E-state index contributed by atoms with van der Waals surface area (Å²) >= 11 is 5.67. The zero-order valence-corrected chi connectivity index (χ0v) is 9.82. The third-order valence-electron chi connectivity index (χ3n) is 2.32. The first-order chi connectivity index (χ1) is 6.93. The normalized spacial score (nSPS) is 19.1. The van der Waals surface area contributed by atoms with Gasteiger partial charge in [0.25, 0.3) is 0 Å². The molecule has 0 radical (unpaired) electrons. The summed E-state index contributed by atoms with van der Waals surface area (Å²) in [6, 6.07) is 0. The van der Waals surface area contributed by atoms with E-state index in [1.807, 2.05) is 0 Å². The molecule has 15 heavy (non-hydrogen) atoms. The predicted molar refractivity (Wildman–Crippen MR) is 54.9 cm³/mol. The first-order valence-corrected chi connectivity index (χ1v) is 6.40. The Bertz CT molecular complexity index is 333. The minimum absolute atomic E-state index is 0.190. The Labute approximate surface area is 93.5 Å². The number of carbonyl (C=O) groups is 1. The van der Waals surface area contributed by atoms with Crippen LogP contribution in [0.15, 0.2) is 0 Å². The van der Waals surface area contributed by atoms with E-state index < -0.39 is 21.8 Å². The van der Waals surface area contributed by atoms with Crippen LogP contribution in [0, 0.1) is 0 Å². The van der Waals surface area contributed by atoms with Crippen molar-refractivity contribution < 1.29 is 17.9 Å². The molecular formula is C7H13ClN2O4S. The summed E-state index contributed by atoms with van der Waals surface area (Å²) in [5, 5.41) is 0. The van der Waals surface area contributed by atoms with Gasteiger partial charge in [-0.3, -0.25) is 0 Å². The highest BCUT2D eigenvalue weighted by Crippen LogP contribution is 2.33. The van der Waals surface area contributed by atoms with Crippen LogP contribution in [-0.2, 0) is 14.9 Å². The van der Waals surface area contributed by atoms with Crippen LogP contribution in [0.3, 0.4) is 0 Å². The van der Waals surface area contributed by atoms with E-state index in [9.17, 15) is 13.2 Å². The highest BCUT2D eigenvalue weighted by atomic mass is 35.5. The Morgan fingerprint density at radius 2 is 2.13 bits per heavy atom. The molecule has 0 aromatic carbocycles. The van der Waals surface area contributed by atoms with Crippen LogP contribution >= 0.6 is 11.6 Å². The Kier molecular flexibility index (Phi) is 3.80. The lowest BCUT2D eigenvalue weighted by Gasteiger charge is -2.40. The van der Waals surface area contributed by atoms with Gasteiger partial charge in [0.05, 0.1) is 7.11 Å². The molecule has 0 unspecified atom stereocenters. The third kappa shape index (κ3) is 3.22. The van der Waals surface area contributed by atoms with Crippen LogP contribution in [-0.4, -0.2) is 33.0 Å². The average Bonchev–Trinajstić information content (AvgIpc) is 2.10. The standard InChI is InChI=1S/C7H13ClN2O4S/c1-14-6(11)9-15(12,13)10-7(5-8)3-2-4-7/h10H,2-5H2,1H3,(H,9,11). The van der Waals surface area contributed by atoms with Gasteiger partial charge in [-0.15, -0.1) is 11.6 Å². The Balaban J connectivity index is 2.59. The van der Waals surface area contributed by atoms with E-state index in [4.69, 9.17) is 11.6 Å². The van der Waals surface area contributed by atoms with E-state index in [0.29, 0.717) is 12.8 Å². The van der Waals surface area contributed by atoms with Crippen molar-refractivity contribution in [2.24, 2.45) is 0 Å². The summed E-state index contributed by atoms with van der Waals surface area (Å²) in [6.07, 6.45) is 1.26. The molecular weight excluding hydrogens is 244 g/mol. The van der Waals surface area contributed by atoms with E-state index in [0.717, 1.165) is 13.5 Å². The van der Waals surface area contributed by atoms with Gasteiger partial charge in [-0.2, -0.15) is 13.1 Å². The SMILES string of the molecule is COC(=O)NS(=O)(=O)NC1(CCl)CCC1. The quantitative estimate of drug-likeness (QED) is 0.711. The van der Waals surface area contributed by atoms with Crippen molar-refractivity contribution in [3.63, 3.8) is 0 Å².